The van der Waals surface area contributed by atoms with Crippen LogP contribution in [0.5, 0.6) is 0 Å². The van der Waals surface area contributed by atoms with Crippen molar-refractivity contribution in [1.29, 1.82) is 0 Å². The predicted octanol–water partition coefficient (Wildman–Crippen LogP) is 2.20. The highest BCUT2D eigenvalue weighted by Crippen LogP contribution is 2.17. The quantitative estimate of drug-likeness (QED) is 0.655. The average Bonchev–Trinajstić information content (AvgIpc) is 2.25. The maximum atomic E-state index is 11.8. The molecular weight excluding hydrogens is 190 g/mol. The molecule has 88 valence electrons. The second kappa shape index (κ2) is 6.83. The Balaban J connectivity index is 2.20. The highest BCUT2D eigenvalue weighted by atomic mass is 16.5. The summed E-state index contributed by atoms with van der Waals surface area (Å²) in [6.45, 7) is 6.54. The van der Waals surface area contributed by atoms with Gasteiger partial charge in [0.2, 0.25) is 5.91 Å². The monoisotopic (exact) mass is 213 g/mol. The van der Waals surface area contributed by atoms with Gasteiger partial charge in [0.05, 0.1) is 0 Å². The van der Waals surface area contributed by atoms with Gasteiger partial charge in [0.25, 0.3) is 0 Å². The molecule has 1 aliphatic heterocycles. The molecule has 0 aromatic heterocycles. The summed E-state index contributed by atoms with van der Waals surface area (Å²) in [7, 11) is 0. The van der Waals surface area contributed by atoms with Gasteiger partial charge in [0.1, 0.15) is 0 Å². The van der Waals surface area contributed by atoms with Gasteiger partial charge in [0, 0.05) is 32.2 Å². The summed E-state index contributed by atoms with van der Waals surface area (Å²) >= 11 is 0. The number of carbonyl (C=O) groups excluding carboxylic acids is 1. The molecule has 0 spiro atoms. The lowest BCUT2D eigenvalue weighted by Crippen LogP contribution is -2.41. The van der Waals surface area contributed by atoms with Gasteiger partial charge in [-0.15, -0.1) is 0 Å². The molecule has 3 heteroatoms. The number of amides is 1. The fourth-order valence-electron chi connectivity index (χ4n) is 2.08. The van der Waals surface area contributed by atoms with Crippen LogP contribution in [-0.2, 0) is 9.53 Å². The van der Waals surface area contributed by atoms with Crippen molar-refractivity contribution < 1.29 is 9.53 Å². The van der Waals surface area contributed by atoms with Gasteiger partial charge < -0.3 is 9.64 Å². The molecule has 1 unspecified atom stereocenters. The molecule has 0 saturated carbocycles. The summed E-state index contributed by atoms with van der Waals surface area (Å²) < 4.78 is 5.23. The molecule has 0 aromatic carbocycles. The summed E-state index contributed by atoms with van der Waals surface area (Å²) in [6.07, 6.45) is 5.10. The van der Waals surface area contributed by atoms with Gasteiger partial charge in [-0.1, -0.05) is 0 Å². The van der Waals surface area contributed by atoms with Crippen molar-refractivity contribution in [2.45, 2.75) is 52.0 Å². The molecular formula is C12H23NO2. The van der Waals surface area contributed by atoms with Gasteiger partial charge in [-0.25, -0.2) is 0 Å². The first kappa shape index (κ1) is 12.5. The Morgan fingerprint density at radius 2 is 2.27 bits per heavy atom. The summed E-state index contributed by atoms with van der Waals surface area (Å²) in [4.78, 5) is 13.9. The van der Waals surface area contributed by atoms with Crippen molar-refractivity contribution in [3.05, 3.63) is 0 Å². The largest absolute Gasteiger partial charge is 0.382 e. The number of hydrogen-bond donors (Lipinski definition) is 0. The molecule has 1 aliphatic rings. The Morgan fingerprint density at radius 3 is 2.93 bits per heavy atom. The smallest absolute Gasteiger partial charge is 0.222 e. The Morgan fingerprint density at radius 1 is 1.47 bits per heavy atom. The van der Waals surface area contributed by atoms with E-state index in [4.69, 9.17) is 4.74 Å². The van der Waals surface area contributed by atoms with Gasteiger partial charge in [0.15, 0.2) is 0 Å². The average molecular weight is 213 g/mol. The van der Waals surface area contributed by atoms with Crippen molar-refractivity contribution in [3.63, 3.8) is 0 Å². The lowest BCUT2D eigenvalue weighted by atomic mass is 10.0. The van der Waals surface area contributed by atoms with E-state index in [-0.39, 0.29) is 0 Å². The van der Waals surface area contributed by atoms with Gasteiger partial charge in [-0.2, -0.15) is 0 Å². The fourth-order valence-corrected chi connectivity index (χ4v) is 2.08. The molecule has 0 radical (unpaired) electrons. The maximum Gasteiger partial charge on any atom is 0.222 e. The molecule has 0 N–H and O–H groups in total. The Labute approximate surface area is 92.8 Å². The summed E-state index contributed by atoms with van der Waals surface area (Å²) in [6, 6.07) is 0.443. The van der Waals surface area contributed by atoms with Crippen molar-refractivity contribution >= 4 is 5.91 Å². The van der Waals surface area contributed by atoms with Crippen LogP contribution in [0.3, 0.4) is 0 Å². The first-order valence-corrected chi connectivity index (χ1v) is 6.13. The Kier molecular flexibility index (Phi) is 5.69. The van der Waals surface area contributed by atoms with E-state index in [1.165, 1.54) is 12.8 Å². The zero-order valence-electron chi connectivity index (χ0n) is 10.00. The highest BCUT2D eigenvalue weighted by molar-refractivity contribution is 5.76. The van der Waals surface area contributed by atoms with Crippen molar-refractivity contribution in [2.24, 2.45) is 0 Å². The van der Waals surface area contributed by atoms with Crippen molar-refractivity contribution in [1.82, 2.24) is 4.90 Å². The SMILES string of the molecule is CCOCCCC(=O)N1CCCCC1C. The fraction of sp³-hybridized carbons (Fsp3) is 0.917. The van der Waals surface area contributed by atoms with Crippen LogP contribution in [0, 0.1) is 0 Å². The van der Waals surface area contributed by atoms with Crippen LogP contribution in [0.2, 0.25) is 0 Å². The number of rotatable bonds is 5. The zero-order valence-corrected chi connectivity index (χ0v) is 10.00. The molecule has 0 aliphatic carbocycles. The van der Waals surface area contributed by atoms with Gasteiger partial charge in [-0.3, -0.25) is 4.79 Å². The van der Waals surface area contributed by atoms with Crippen molar-refractivity contribution in [3.8, 4) is 0 Å². The summed E-state index contributed by atoms with van der Waals surface area (Å²) in [5.74, 6) is 0.307. The summed E-state index contributed by atoms with van der Waals surface area (Å²) in [5, 5.41) is 0. The standard InChI is InChI=1S/C12H23NO2/c1-3-15-10-6-8-12(14)13-9-5-4-7-11(13)2/h11H,3-10H2,1-2H3. The number of carbonyl (C=O) groups is 1. The Bertz CT molecular complexity index is 194. The lowest BCUT2D eigenvalue weighted by Gasteiger charge is -2.33. The van der Waals surface area contributed by atoms with E-state index in [0.29, 0.717) is 25.0 Å². The molecule has 1 atom stereocenters. The highest BCUT2D eigenvalue weighted by Gasteiger charge is 2.22. The van der Waals surface area contributed by atoms with Crippen LogP contribution < -0.4 is 0 Å². The molecule has 0 aromatic rings. The molecule has 1 heterocycles. The minimum absolute atomic E-state index is 0.307. The van der Waals surface area contributed by atoms with Gasteiger partial charge in [-0.05, 0) is 39.5 Å². The van der Waals surface area contributed by atoms with Gasteiger partial charge >= 0.3 is 0 Å². The number of likely N-dealkylation sites (tertiary alicyclic amines) is 1. The van der Waals surface area contributed by atoms with Crippen LogP contribution >= 0.6 is 0 Å². The van der Waals surface area contributed by atoms with Crippen molar-refractivity contribution in [2.75, 3.05) is 19.8 Å². The third kappa shape index (κ3) is 4.20. The Hall–Kier alpha value is -0.570. The molecule has 3 nitrogen and oxygen atoms in total. The predicted molar refractivity (Wildman–Crippen MR) is 60.8 cm³/mol. The zero-order chi connectivity index (χ0) is 11.1. The minimum Gasteiger partial charge on any atom is -0.382 e. The van der Waals surface area contributed by atoms with E-state index in [9.17, 15) is 4.79 Å². The van der Waals surface area contributed by atoms with Crippen LogP contribution in [-0.4, -0.2) is 36.6 Å². The molecule has 1 amide bonds. The summed E-state index contributed by atoms with van der Waals surface area (Å²) in [5.41, 5.74) is 0. The first-order valence-electron chi connectivity index (χ1n) is 6.13. The van der Waals surface area contributed by atoms with Crippen LogP contribution in [0.4, 0.5) is 0 Å². The van der Waals surface area contributed by atoms with Crippen LogP contribution in [0.1, 0.15) is 46.0 Å². The molecule has 0 bridgehead atoms. The van der Waals surface area contributed by atoms with E-state index in [1.54, 1.807) is 0 Å². The normalized spacial score (nSPS) is 21.7. The van der Waals surface area contributed by atoms with Crippen LogP contribution in [0.15, 0.2) is 0 Å². The number of ether oxygens (including phenoxy) is 1. The van der Waals surface area contributed by atoms with E-state index >= 15 is 0 Å². The topological polar surface area (TPSA) is 29.5 Å². The first-order chi connectivity index (χ1) is 7.25. The van der Waals surface area contributed by atoms with E-state index in [2.05, 4.69) is 6.92 Å². The molecule has 1 fully saturated rings. The third-order valence-corrected chi connectivity index (χ3v) is 3.01. The number of hydrogen-bond acceptors (Lipinski definition) is 2. The molecule has 1 rings (SSSR count). The molecule has 1 saturated heterocycles. The van der Waals surface area contributed by atoms with E-state index < -0.39 is 0 Å². The lowest BCUT2D eigenvalue weighted by molar-refractivity contribution is -0.134. The third-order valence-electron chi connectivity index (χ3n) is 3.01. The maximum absolute atomic E-state index is 11.8. The van der Waals surface area contributed by atoms with Crippen LogP contribution in [0.25, 0.3) is 0 Å². The number of piperidine rings is 1. The second-order valence-electron chi connectivity index (χ2n) is 4.23. The second-order valence-corrected chi connectivity index (χ2v) is 4.23. The minimum atomic E-state index is 0.307. The van der Waals surface area contributed by atoms with E-state index in [1.807, 2.05) is 11.8 Å². The van der Waals surface area contributed by atoms with E-state index in [0.717, 1.165) is 26.0 Å². The molecule has 15 heavy (non-hydrogen) atoms. The number of nitrogens with zero attached hydrogens (tertiary/aromatic N) is 1.